The number of nitrogens with two attached hydrogens (primary N) is 4. The Hall–Kier alpha value is -15.5. The van der Waals surface area contributed by atoms with E-state index in [9.17, 15) is 0 Å². The number of halogens is 4. The number of hydrogen-bond donors (Lipinski definition) is 4. The second-order valence-corrected chi connectivity index (χ2v) is 38.5. The molecule has 4 aliphatic rings. The largest absolute Gasteiger partial charge is 0.492 e. The molecular weight excluding hydrogens is 1890 g/mol. The number of aryl methyl sites for hydroxylation is 4. The Labute approximate surface area is 853 Å². The Kier molecular flexibility index (Phi) is 32.5. The maximum atomic E-state index is 15.6. The van der Waals surface area contributed by atoms with Gasteiger partial charge in [-0.15, -0.1) is 31.7 Å². The van der Waals surface area contributed by atoms with E-state index in [1.165, 1.54) is 100 Å². The molecule has 0 unspecified atom stereocenters. The highest BCUT2D eigenvalue weighted by Crippen LogP contribution is 2.42. The first-order valence-corrected chi connectivity index (χ1v) is 50.7. The SMILES string of the molecule is Cc1c(OCCN2CCCCC2)ccc(-n2nnnc2-c2cc(-c3cc4ccccc4s3)cnc2N)c1F.Cc1c(OCCN2CCCCC2)ccc(-n2nnnc2-c2cc(-c3ccncc3)cnc2N)c1F.Cc1cc(C)cc(-c2cnc(N)c(-c3nnnn3-c3ccc(OCCN4CCCCC4)c(C)c3F)c2)c1.Cc1ccc(C)c(-c2cnc(N)c(-c3nnnn3-c3ccc(OCCN4CCCCC4)c(C)c3F)c2)c1. The van der Waals surface area contributed by atoms with E-state index in [0.717, 1.165) is 150 Å². The number of benzene rings is 7. The number of likely N-dealkylation sites (tertiary alicyclic amines) is 4. The van der Waals surface area contributed by atoms with Crippen LogP contribution in [-0.2, 0) is 0 Å². The molecule has 8 N–H and O–H groups in total. The number of anilines is 4. The topological polar surface area (TPSA) is 393 Å². The van der Waals surface area contributed by atoms with Gasteiger partial charge in [0.05, 0.1) is 22.3 Å². The van der Waals surface area contributed by atoms with Gasteiger partial charge in [0.25, 0.3) is 0 Å². The summed E-state index contributed by atoms with van der Waals surface area (Å²) in [6, 6.07) is 47.7. The lowest BCUT2D eigenvalue weighted by Crippen LogP contribution is -2.33. The van der Waals surface area contributed by atoms with Crippen molar-refractivity contribution >= 4 is 44.7 Å². The van der Waals surface area contributed by atoms with Crippen LogP contribution in [0.2, 0.25) is 0 Å². The molecule has 33 nitrogen and oxygen atoms in total. The fraction of sp³-hybridized carbons (Fsp3) is 0.330. The minimum atomic E-state index is -0.453. The molecule has 7 aromatic carbocycles. The second kappa shape index (κ2) is 47.1. The Morgan fingerprint density at radius 1 is 0.306 bits per heavy atom. The van der Waals surface area contributed by atoms with E-state index in [1.54, 1.807) is 125 Å². The van der Waals surface area contributed by atoms with Gasteiger partial charge in [-0.2, -0.15) is 18.7 Å². The van der Waals surface area contributed by atoms with Gasteiger partial charge in [-0.25, -0.2) is 37.5 Å². The predicted molar refractivity (Wildman–Crippen MR) is 563 cm³/mol. The number of rotatable bonds is 28. The Balaban J connectivity index is 0.000000128. The molecule has 38 heteroatoms. The average molecular weight is 2010 g/mol. The molecule has 4 saturated heterocycles. The molecule has 758 valence electrons. The molecule has 0 aliphatic carbocycles. The lowest BCUT2D eigenvalue weighted by Gasteiger charge is -2.26. The number of fused-ring (bicyclic) bond motifs is 1. The van der Waals surface area contributed by atoms with Crippen LogP contribution >= 0.6 is 11.3 Å². The highest BCUT2D eigenvalue weighted by Gasteiger charge is 2.29. The third kappa shape index (κ3) is 23.9. The molecule has 0 radical (unpaired) electrons. The molecule has 0 amide bonds. The molecule has 0 saturated carbocycles. The summed E-state index contributed by atoms with van der Waals surface area (Å²) < 4.78 is 92.6. The van der Waals surface area contributed by atoms with Crippen molar-refractivity contribution in [2.45, 2.75) is 132 Å². The highest BCUT2D eigenvalue weighted by molar-refractivity contribution is 7.22. The number of aromatic nitrogens is 21. The Bertz CT molecular complexity index is 7410. The first-order valence-electron chi connectivity index (χ1n) is 49.8. The van der Waals surface area contributed by atoms with Crippen molar-refractivity contribution in [3.63, 3.8) is 0 Å². The fourth-order valence-electron chi connectivity index (χ4n) is 18.9. The lowest BCUT2D eigenvalue weighted by molar-refractivity contribution is 0.182. The van der Waals surface area contributed by atoms with E-state index < -0.39 is 23.3 Å². The summed E-state index contributed by atoms with van der Waals surface area (Å²) in [7, 11) is 0. The van der Waals surface area contributed by atoms with Gasteiger partial charge in [-0.05, 0) is 326 Å². The zero-order valence-corrected chi connectivity index (χ0v) is 84.6. The maximum Gasteiger partial charge on any atom is 0.190 e. The molecule has 147 heavy (non-hydrogen) atoms. The number of hydrogen-bond acceptors (Lipinski definition) is 30. The fourth-order valence-corrected chi connectivity index (χ4v) is 19.9. The molecular formula is C109H119F4N29O4S. The van der Waals surface area contributed by atoms with Crippen molar-refractivity contribution < 1.29 is 36.5 Å². The zero-order chi connectivity index (χ0) is 102. The quantitative estimate of drug-likeness (QED) is 0.0331. The van der Waals surface area contributed by atoms with E-state index in [1.807, 2.05) is 62.4 Å². The minimum Gasteiger partial charge on any atom is -0.492 e. The smallest absolute Gasteiger partial charge is 0.190 e. The van der Waals surface area contributed by atoms with Crippen LogP contribution in [0.15, 0.2) is 189 Å². The summed E-state index contributed by atoms with van der Waals surface area (Å²) in [5, 5.41) is 49.3. The zero-order valence-electron chi connectivity index (χ0n) is 83.7. The van der Waals surface area contributed by atoms with Crippen LogP contribution in [0.5, 0.6) is 23.0 Å². The van der Waals surface area contributed by atoms with Crippen molar-refractivity contribution in [1.29, 1.82) is 0 Å². The number of pyridine rings is 5. The predicted octanol–water partition coefficient (Wildman–Crippen LogP) is 19.0. The number of nitrogen functional groups attached to an aromatic ring is 4. The van der Waals surface area contributed by atoms with E-state index >= 15 is 17.6 Å². The van der Waals surface area contributed by atoms with Gasteiger partial charge >= 0.3 is 0 Å². The molecule has 0 atom stereocenters. The van der Waals surface area contributed by atoms with Gasteiger partial charge in [0.1, 0.15) is 95.4 Å². The lowest BCUT2D eigenvalue weighted by atomic mass is 9.98. The molecule has 10 aromatic heterocycles. The van der Waals surface area contributed by atoms with Gasteiger partial charge < -0.3 is 41.9 Å². The molecule has 4 aliphatic heterocycles. The number of thiophene rings is 1. The van der Waals surface area contributed by atoms with Gasteiger partial charge in [-0.3, -0.25) is 24.6 Å². The molecule has 14 heterocycles. The monoisotopic (exact) mass is 2010 g/mol. The molecule has 17 aromatic rings. The van der Waals surface area contributed by atoms with Crippen molar-refractivity contribution in [2.24, 2.45) is 0 Å². The third-order valence-electron chi connectivity index (χ3n) is 27.1. The van der Waals surface area contributed by atoms with Crippen LogP contribution in [0.3, 0.4) is 0 Å². The number of tetrazole rings is 4. The maximum absolute atomic E-state index is 15.6. The van der Waals surface area contributed by atoms with Gasteiger partial charge in [0.2, 0.25) is 0 Å². The normalized spacial score (nSPS) is 14.2. The second-order valence-electron chi connectivity index (χ2n) is 37.5. The third-order valence-corrected chi connectivity index (χ3v) is 28.3. The standard InChI is InChI=1S/C28H28FN7OS.2C28H32FN7O.C25H27FN8O/c1-18-23(37-14-13-35-11-5-2-6-12-35)10-9-22(26(18)29)36-28(32-33-34-36)21-15-20(17-31-27(21)30)25-16-19-7-3-4-8-24(19)38-25;1-18-7-8-19(2)22(15-18)21-16-23(27(30)31-17-21)28-32-33-34-36(28)24-9-10-25(20(3)26(24)29)37-14-13-35-11-5-4-6-12-35;1-18-13-19(2)15-21(14-18)22-16-23(27(30)31-17-22)28-32-33-34-36(28)24-7-8-25(20(3)26(24)29)37-12-11-35-9-5-4-6-10-35;1-17-22(35-14-13-33-11-3-2-4-12-33)6-5-21(23(17)26)34-25(30-31-32-34)20-15-19(16-29-24(20)27)18-7-9-28-10-8-18/h3-4,7-10,15-17H,2,5-6,11-14H2,1H3,(H2,30,31);7-10,15-17H,4-6,11-14H2,1-3H3,(H2,30,31);7-8,13-17H,4-6,9-12H2,1-3H3,(H2,30,31);5-10,15-16H,2-4,11-14H2,1H3,(H2,27,29). The average Bonchev–Trinajstić information content (AvgIpc) is 1.70. The van der Waals surface area contributed by atoms with E-state index in [0.29, 0.717) is 117 Å². The first-order chi connectivity index (χ1) is 71.5. The first kappa shape index (κ1) is 102. The summed E-state index contributed by atoms with van der Waals surface area (Å²) in [6.07, 6.45) is 25.2. The van der Waals surface area contributed by atoms with E-state index in [2.05, 4.69) is 175 Å². The van der Waals surface area contributed by atoms with Crippen LogP contribution < -0.4 is 41.9 Å². The van der Waals surface area contributed by atoms with Crippen molar-refractivity contribution in [1.82, 2.24) is 125 Å². The summed E-state index contributed by atoms with van der Waals surface area (Å²) >= 11 is 1.67. The van der Waals surface area contributed by atoms with Gasteiger partial charge in [0.15, 0.2) is 46.6 Å². The van der Waals surface area contributed by atoms with Crippen LogP contribution in [0, 0.1) is 78.7 Å². The van der Waals surface area contributed by atoms with Crippen molar-refractivity contribution in [3.05, 3.63) is 257 Å². The summed E-state index contributed by atoms with van der Waals surface area (Å²) in [6.45, 7) is 29.2. The van der Waals surface area contributed by atoms with Crippen LogP contribution in [0.25, 0.3) is 122 Å². The number of nitrogens with zero attached hydrogens (tertiary/aromatic N) is 25. The van der Waals surface area contributed by atoms with Crippen LogP contribution in [0.4, 0.5) is 40.8 Å². The summed E-state index contributed by atoms with van der Waals surface area (Å²) in [5.41, 5.74) is 40.5. The van der Waals surface area contributed by atoms with Crippen LogP contribution in [0.1, 0.15) is 122 Å². The van der Waals surface area contributed by atoms with Crippen LogP contribution in [-0.4, -0.2) is 230 Å². The van der Waals surface area contributed by atoms with E-state index in [-0.39, 0.29) is 46.0 Å². The van der Waals surface area contributed by atoms with Crippen molar-refractivity contribution in [2.75, 3.05) is 128 Å². The Morgan fingerprint density at radius 2 is 0.633 bits per heavy atom. The Morgan fingerprint density at radius 3 is 0.993 bits per heavy atom. The highest BCUT2D eigenvalue weighted by atomic mass is 32.1. The summed E-state index contributed by atoms with van der Waals surface area (Å²) in [5.74, 6) is 2.56. The van der Waals surface area contributed by atoms with E-state index in [4.69, 9.17) is 41.9 Å². The van der Waals surface area contributed by atoms with Crippen molar-refractivity contribution in [3.8, 4) is 135 Å². The van der Waals surface area contributed by atoms with Gasteiger partial charge in [0, 0.05) is 117 Å². The van der Waals surface area contributed by atoms with Gasteiger partial charge in [-0.1, -0.05) is 97.0 Å². The molecule has 0 spiro atoms. The number of piperidine rings is 4. The summed E-state index contributed by atoms with van der Waals surface area (Å²) in [4.78, 5) is 32.1. The molecule has 0 bridgehead atoms. The number of ether oxygens (including phenoxy) is 4. The molecule has 4 fully saturated rings. The molecule has 21 rings (SSSR count). The minimum absolute atomic E-state index is 0.208.